The van der Waals surface area contributed by atoms with Gasteiger partial charge in [0.15, 0.2) is 11.3 Å². The first kappa shape index (κ1) is 82.2. The SMILES string of the molecule is CCCCCCC1(CCCCCC)c2cc(-c3cccs3)ccc2-c2c1c1c(c3c2C(CCCCCC)(CCCCCC)c2cc(-c4ccc(/C=C/C5=C(C#N)C(=C(C#N)C#N)OC5(C)C)s4)ccc2-3)C(CCCCCC)(CCCCCC)c2cc(-c3ccc(/C=C/c4ccc(N(c5ccccc5)c5ccccc5)cc4)s3)ccc2-1. The Hall–Kier alpha value is -9.33. The van der Waals surface area contributed by atoms with E-state index in [1.54, 1.807) is 61.4 Å². The van der Waals surface area contributed by atoms with Crippen LogP contribution in [-0.2, 0) is 21.0 Å². The van der Waals surface area contributed by atoms with Crippen molar-refractivity contribution in [1.82, 2.24) is 0 Å². The molecule has 115 heavy (non-hydrogen) atoms. The normalized spacial score (nSPS) is 14.8. The summed E-state index contributed by atoms with van der Waals surface area (Å²) in [7, 11) is 0. The average molecular weight is 1570 g/mol. The smallest absolute Gasteiger partial charge is 0.172 e. The lowest BCUT2D eigenvalue weighted by atomic mass is 9.63. The highest BCUT2D eigenvalue weighted by Gasteiger charge is 2.58. The summed E-state index contributed by atoms with van der Waals surface area (Å²) in [4.78, 5) is 8.55. The van der Waals surface area contributed by atoms with Crippen LogP contribution in [-0.4, -0.2) is 5.60 Å². The van der Waals surface area contributed by atoms with Gasteiger partial charge in [0.1, 0.15) is 29.4 Å². The number of hydrogen-bond donors (Lipinski definition) is 0. The van der Waals surface area contributed by atoms with E-state index in [0.29, 0.717) is 5.57 Å². The number of rotatable bonds is 40. The summed E-state index contributed by atoms with van der Waals surface area (Å²) in [5.41, 5.74) is 26.7. The summed E-state index contributed by atoms with van der Waals surface area (Å²) < 4.78 is 6.25. The van der Waals surface area contributed by atoms with Gasteiger partial charge >= 0.3 is 0 Å². The molecule has 14 rings (SSSR count). The van der Waals surface area contributed by atoms with Gasteiger partial charge in [0.25, 0.3) is 0 Å². The monoisotopic (exact) mass is 1570 g/mol. The fraction of sp³-hybridized carbons (Fsp3) is 0.393. The number of thiophene rings is 3. The van der Waals surface area contributed by atoms with E-state index < -0.39 is 5.60 Å². The van der Waals surface area contributed by atoms with Crippen LogP contribution in [0.5, 0.6) is 0 Å². The standard InChI is InChI=1S/C107H118N4OS3/c1-9-15-21-33-63-105(64-34-22-16-10-2)91-70-77(94-44-39-69-113-94)48-57-86(91)97-100(105)98-87-58-49-78(95-61-55-84(114-95)53-47-76-45-51-83(52-46-76)111(81-40-29-27-30-41-81)82-42-31-28-32-43-82)71-92(87)107(67-37-25-19-13-5,68-38-26-20-14-6)102(98)99-88-59-50-79(72-93(88)106(101(97)99,65-35-23-17-11-3)66-36-24-18-12-4)96-62-56-85(115-96)54-60-90-89(75-110)103(80(73-108)74-109)112-104(90,7)8/h27-32,39-62,69-72H,9-26,33-38,63-68H2,1-8H3/b53-47+,60-54+. The minimum Gasteiger partial charge on any atom is -0.480 e. The highest BCUT2D eigenvalue weighted by atomic mass is 32.1. The van der Waals surface area contributed by atoms with Gasteiger partial charge in [-0.2, -0.15) is 15.8 Å². The van der Waals surface area contributed by atoms with E-state index in [1.165, 1.54) is 213 Å². The molecule has 3 aliphatic carbocycles. The molecular formula is C107H118N4OS3. The lowest BCUT2D eigenvalue weighted by molar-refractivity contribution is 0.0954. The number of unbranched alkanes of at least 4 members (excludes halogenated alkanes) is 18. The van der Waals surface area contributed by atoms with Crippen molar-refractivity contribution in [3.63, 3.8) is 0 Å². The largest absolute Gasteiger partial charge is 0.480 e. The van der Waals surface area contributed by atoms with Crippen molar-refractivity contribution in [2.45, 2.75) is 270 Å². The Kier molecular flexibility index (Phi) is 27.0. The van der Waals surface area contributed by atoms with Crippen LogP contribution in [0.3, 0.4) is 0 Å². The van der Waals surface area contributed by atoms with E-state index in [0.717, 1.165) is 60.5 Å². The van der Waals surface area contributed by atoms with Gasteiger partial charge in [-0.3, -0.25) is 0 Å². The van der Waals surface area contributed by atoms with Crippen LogP contribution >= 0.6 is 34.0 Å². The molecule has 4 aliphatic rings. The second-order valence-corrected chi connectivity index (χ2v) is 36.9. The van der Waals surface area contributed by atoms with Crippen LogP contribution in [0.4, 0.5) is 17.1 Å². The van der Waals surface area contributed by atoms with Crippen LogP contribution in [0.2, 0.25) is 0 Å². The maximum absolute atomic E-state index is 10.6. The second-order valence-electron chi connectivity index (χ2n) is 33.7. The number of fused-ring (bicyclic) bond motifs is 12. The third-order valence-electron chi connectivity index (χ3n) is 25.8. The molecule has 10 aromatic rings. The average Bonchev–Trinajstić information content (AvgIpc) is 1.48. The molecule has 0 unspecified atom stereocenters. The van der Waals surface area contributed by atoms with Gasteiger partial charge in [-0.05, 0) is 244 Å². The van der Waals surface area contributed by atoms with Crippen LogP contribution in [0, 0.1) is 34.0 Å². The predicted octanol–water partition coefficient (Wildman–Crippen LogP) is 33.1. The van der Waals surface area contributed by atoms with Crippen molar-refractivity contribution in [3.05, 3.63) is 259 Å². The molecule has 0 atom stereocenters. The molecule has 0 amide bonds. The number of benzene rings is 7. The van der Waals surface area contributed by atoms with Gasteiger partial charge < -0.3 is 9.64 Å². The van der Waals surface area contributed by atoms with E-state index in [2.05, 4.69) is 252 Å². The van der Waals surface area contributed by atoms with Gasteiger partial charge in [0.05, 0.1) is 0 Å². The van der Waals surface area contributed by atoms with Crippen molar-refractivity contribution >= 4 is 69.3 Å². The minimum absolute atomic E-state index is 0.0636. The molecule has 0 saturated heterocycles. The first-order valence-corrected chi connectivity index (χ1v) is 46.6. The van der Waals surface area contributed by atoms with Crippen molar-refractivity contribution in [2.24, 2.45) is 0 Å². The first-order valence-electron chi connectivity index (χ1n) is 44.1. The Balaban J connectivity index is 1.01. The first-order chi connectivity index (χ1) is 56.4. The number of nitriles is 3. The molecule has 0 radical (unpaired) electrons. The number of anilines is 3. The van der Waals surface area contributed by atoms with Crippen LogP contribution < -0.4 is 4.90 Å². The van der Waals surface area contributed by atoms with Gasteiger partial charge in [-0.15, -0.1) is 34.0 Å². The number of hydrogen-bond acceptors (Lipinski definition) is 8. The summed E-state index contributed by atoms with van der Waals surface area (Å²) in [6, 6.07) is 74.5. The fourth-order valence-electron chi connectivity index (χ4n) is 20.2. The van der Waals surface area contributed by atoms with Gasteiger partial charge in [-0.1, -0.05) is 299 Å². The number of ether oxygens (including phenoxy) is 1. The summed E-state index contributed by atoms with van der Waals surface area (Å²) in [6.07, 6.45) is 44.6. The molecule has 0 N–H and O–H groups in total. The van der Waals surface area contributed by atoms with Crippen LogP contribution in [0.25, 0.3) is 82.9 Å². The van der Waals surface area contributed by atoms with E-state index >= 15 is 0 Å². The molecule has 0 spiro atoms. The topological polar surface area (TPSA) is 83.8 Å². The Bertz CT molecular complexity index is 5190. The van der Waals surface area contributed by atoms with E-state index in [-0.39, 0.29) is 33.2 Å². The molecule has 0 saturated carbocycles. The van der Waals surface area contributed by atoms with Crippen molar-refractivity contribution in [3.8, 4) is 82.9 Å². The quantitative estimate of drug-likeness (QED) is 0.0282. The molecular weight excluding hydrogens is 1450 g/mol. The third-order valence-corrected chi connectivity index (χ3v) is 28.9. The Labute approximate surface area is 700 Å². The summed E-state index contributed by atoms with van der Waals surface area (Å²) in [6.45, 7) is 18.2. The number of allylic oxidation sites excluding steroid dienone is 2. The van der Waals surface area contributed by atoms with E-state index in [9.17, 15) is 15.8 Å². The number of nitrogens with zero attached hydrogens (tertiary/aromatic N) is 4. The van der Waals surface area contributed by atoms with E-state index in [4.69, 9.17) is 4.74 Å². The molecule has 0 bridgehead atoms. The third kappa shape index (κ3) is 16.6. The minimum atomic E-state index is -0.912. The fourth-order valence-corrected chi connectivity index (χ4v) is 22.7. The van der Waals surface area contributed by atoms with Crippen molar-refractivity contribution in [1.29, 1.82) is 15.8 Å². The van der Waals surface area contributed by atoms with Gasteiger partial charge in [0.2, 0.25) is 0 Å². The molecule has 0 fully saturated rings. The molecule has 590 valence electrons. The lowest BCUT2D eigenvalue weighted by Crippen LogP contribution is -2.31. The summed E-state index contributed by atoms with van der Waals surface area (Å²) >= 11 is 5.62. The molecule has 1 aliphatic heterocycles. The molecule has 5 nitrogen and oxygen atoms in total. The Morgan fingerprint density at radius 2 is 0.757 bits per heavy atom. The molecule has 4 heterocycles. The van der Waals surface area contributed by atoms with Gasteiger partial charge in [-0.25, -0.2) is 0 Å². The highest BCUT2D eigenvalue weighted by Crippen LogP contribution is 2.72. The van der Waals surface area contributed by atoms with Gasteiger partial charge in [0, 0.05) is 63.3 Å². The van der Waals surface area contributed by atoms with E-state index in [1.807, 2.05) is 54.7 Å². The zero-order valence-electron chi connectivity index (χ0n) is 69.8. The molecule has 8 heteroatoms. The predicted molar refractivity (Wildman–Crippen MR) is 493 cm³/mol. The summed E-state index contributed by atoms with van der Waals surface area (Å²) in [5, 5.41) is 32.7. The Morgan fingerprint density at radius 1 is 0.383 bits per heavy atom. The number of para-hydroxylation sites is 2. The second kappa shape index (κ2) is 37.7. The zero-order valence-corrected chi connectivity index (χ0v) is 72.2. The molecule has 3 aromatic heterocycles. The van der Waals surface area contributed by atoms with Crippen molar-refractivity contribution in [2.75, 3.05) is 4.90 Å². The van der Waals surface area contributed by atoms with Crippen LogP contribution in [0.15, 0.2) is 210 Å². The maximum Gasteiger partial charge on any atom is 0.172 e. The zero-order chi connectivity index (χ0) is 79.9. The highest BCUT2D eigenvalue weighted by molar-refractivity contribution is 7.16. The summed E-state index contributed by atoms with van der Waals surface area (Å²) in [5.74, 6) is 0.0636. The van der Waals surface area contributed by atoms with Crippen molar-refractivity contribution < 1.29 is 4.74 Å². The molecule has 7 aromatic carbocycles. The lowest BCUT2D eigenvalue weighted by Gasteiger charge is -2.40. The Morgan fingerprint density at radius 3 is 1.11 bits per heavy atom. The maximum atomic E-state index is 10.6. The van der Waals surface area contributed by atoms with Crippen LogP contribution in [0.1, 0.15) is 297 Å².